The lowest BCUT2D eigenvalue weighted by molar-refractivity contribution is 0.199. The highest BCUT2D eigenvalue weighted by Gasteiger charge is 1.98. The van der Waals surface area contributed by atoms with Crippen LogP contribution >= 0.6 is 11.8 Å². The molecule has 0 saturated heterocycles. The monoisotopic (exact) mass is 301 g/mol. The predicted octanol–water partition coefficient (Wildman–Crippen LogP) is 4.02. The van der Waals surface area contributed by atoms with E-state index >= 15 is 0 Å². The predicted molar refractivity (Wildman–Crippen MR) is 90.8 cm³/mol. The van der Waals surface area contributed by atoms with Gasteiger partial charge in [-0.2, -0.15) is 0 Å². The van der Waals surface area contributed by atoms with Crippen molar-refractivity contribution in [2.24, 2.45) is 0 Å². The number of aryl methyl sites for hydroxylation is 1. The van der Waals surface area contributed by atoms with Crippen LogP contribution in [-0.4, -0.2) is 20.3 Å². The quantitative estimate of drug-likeness (QED) is 0.588. The second-order valence-corrected chi connectivity index (χ2v) is 6.14. The van der Waals surface area contributed by atoms with E-state index in [4.69, 9.17) is 4.74 Å². The minimum Gasteiger partial charge on any atom is -0.383 e. The molecule has 2 rings (SSSR count). The highest BCUT2D eigenvalue weighted by atomic mass is 32.2. The van der Waals surface area contributed by atoms with Gasteiger partial charge >= 0.3 is 0 Å². The lowest BCUT2D eigenvalue weighted by Crippen LogP contribution is -2.18. The lowest BCUT2D eigenvalue weighted by Gasteiger charge is -2.06. The fraction of sp³-hybridized carbons (Fsp3) is 0.333. The summed E-state index contributed by atoms with van der Waals surface area (Å²) >= 11 is 1.88. The van der Waals surface area contributed by atoms with Gasteiger partial charge in [0.1, 0.15) is 0 Å². The third-order valence-corrected chi connectivity index (χ3v) is 4.34. The molecule has 1 N–H and O–H groups in total. The first-order valence-electron chi connectivity index (χ1n) is 7.25. The van der Waals surface area contributed by atoms with Crippen LogP contribution in [0, 0.1) is 6.92 Å². The zero-order valence-corrected chi connectivity index (χ0v) is 13.6. The van der Waals surface area contributed by atoms with Gasteiger partial charge in [0.05, 0.1) is 6.61 Å². The zero-order chi connectivity index (χ0) is 14.9. The number of ether oxygens (including phenoxy) is 1. The van der Waals surface area contributed by atoms with Crippen molar-refractivity contribution in [2.75, 3.05) is 20.3 Å². The fourth-order valence-electron chi connectivity index (χ4n) is 1.96. The molecule has 0 fully saturated rings. The number of hydrogen-bond acceptors (Lipinski definition) is 3. The van der Waals surface area contributed by atoms with E-state index in [1.165, 1.54) is 21.6 Å². The van der Waals surface area contributed by atoms with Gasteiger partial charge in [-0.25, -0.2) is 0 Å². The second-order valence-electron chi connectivity index (χ2n) is 5.09. The molecular formula is C18H23NOS. The van der Waals surface area contributed by atoms with Crippen molar-refractivity contribution < 1.29 is 4.74 Å². The summed E-state index contributed by atoms with van der Waals surface area (Å²) in [4.78, 5) is 1.32. The minimum absolute atomic E-state index is 0.754. The maximum Gasteiger partial charge on any atom is 0.0587 e. The summed E-state index contributed by atoms with van der Waals surface area (Å²) in [7, 11) is 1.72. The highest BCUT2D eigenvalue weighted by Crippen LogP contribution is 2.23. The van der Waals surface area contributed by atoms with Gasteiger partial charge in [-0.05, 0) is 30.2 Å². The Kier molecular flexibility index (Phi) is 6.80. The minimum atomic E-state index is 0.754. The Labute approximate surface area is 131 Å². The van der Waals surface area contributed by atoms with Crippen LogP contribution in [0.25, 0.3) is 0 Å². The molecule has 0 radical (unpaired) electrons. The third kappa shape index (κ3) is 5.92. The van der Waals surface area contributed by atoms with Crippen molar-refractivity contribution in [3.63, 3.8) is 0 Å². The topological polar surface area (TPSA) is 21.3 Å². The normalized spacial score (nSPS) is 10.8. The van der Waals surface area contributed by atoms with E-state index in [0.29, 0.717) is 0 Å². The van der Waals surface area contributed by atoms with E-state index in [9.17, 15) is 0 Å². The molecule has 0 atom stereocenters. The molecule has 0 amide bonds. The third-order valence-electron chi connectivity index (χ3n) is 3.26. The Balaban J connectivity index is 1.78. The largest absolute Gasteiger partial charge is 0.383 e. The van der Waals surface area contributed by atoms with E-state index < -0.39 is 0 Å². The molecule has 0 spiro atoms. The summed E-state index contributed by atoms with van der Waals surface area (Å²) in [6.45, 7) is 4.66. The molecule has 112 valence electrons. The molecule has 0 saturated carbocycles. The molecule has 0 aliphatic carbocycles. The summed E-state index contributed by atoms with van der Waals surface area (Å²) in [5, 5.41) is 3.35. The number of methoxy groups -OCH3 is 1. The highest BCUT2D eigenvalue weighted by molar-refractivity contribution is 7.98. The smallest absolute Gasteiger partial charge is 0.0587 e. The van der Waals surface area contributed by atoms with Crippen LogP contribution in [0.4, 0.5) is 0 Å². The first-order chi connectivity index (χ1) is 10.3. The molecular weight excluding hydrogens is 278 g/mol. The molecule has 3 heteroatoms. The van der Waals surface area contributed by atoms with Gasteiger partial charge < -0.3 is 10.1 Å². The average Bonchev–Trinajstić information content (AvgIpc) is 2.52. The molecule has 21 heavy (non-hydrogen) atoms. The first kappa shape index (κ1) is 16.1. The molecule has 2 aromatic carbocycles. The van der Waals surface area contributed by atoms with Gasteiger partial charge in [0.15, 0.2) is 0 Å². The van der Waals surface area contributed by atoms with Gasteiger partial charge in [0, 0.05) is 30.8 Å². The molecule has 0 aromatic heterocycles. The van der Waals surface area contributed by atoms with E-state index in [1.54, 1.807) is 7.11 Å². The Bertz CT molecular complexity index is 522. The van der Waals surface area contributed by atoms with Crippen LogP contribution in [0.5, 0.6) is 0 Å². The second kappa shape index (κ2) is 8.88. The Hall–Kier alpha value is -1.29. The summed E-state index contributed by atoms with van der Waals surface area (Å²) in [6, 6.07) is 17.5. The van der Waals surface area contributed by atoms with Crippen LogP contribution < -0.4 is 5.32 Å². The number of nitrogens with one attached hydrogen (secondary N) is 1. The molecule has 0 bridgehead atoms. The van der Waals surface area contributed by atoms with Crippen molar-refractivity contribution in [1.29, 1.82) is 0 Å². The van der Waals surface area contributed by atoms with E-state index in [1.807, 2.05) is 11.8 Å². The summed E-state index contributed by atoms with van der Waals surface area (Å²) < 4.78 is 5.01. The van der Waals surface area contributed by atoms with Crippen LogP contribution in [0.1, 0.15) is 16.7 Å². The van der Waals surface area contributed by atoms with Gasteiger partial charge in [-0.1, -0.05) is 42.0 Å². The van der Waals surface area contributed by atoms with Crippen molar-refractivity contribution in [3.05, 3.63) is 65.2 Å². The number of benzene rings is 2. The maximum atomic E-state index is 5.01. The van der Waals surface area contributed by atoms with Crippen molar-refractivity contribution in [2.45, 2.75) is 24.1 Å². The van der Waals surface area contributed by atoms with Gasteiger partial charge in [0.2, 0.25) is 0 Å². The van der Waals surface area contributed by atoms with E-state index in [-0.39, 0.29) is 0 Å². The van der Waals surface area contributed by atoms with Crippen molar-refractivity contribution in [1.82, 2.24) is 5.32 Å². The summed E-state index contributed by atoms with van der Waals surface area (Å²) in [6.07, 6.45) is 0. The fourth-order valence-corrected chi connectivity index (χ4v) is 2.82. The zero-order valence-electron chi connectivity index (χ0n) is 12.8. The first-order valence-corrected chi connectivity index (χ1v) is 8.23. The standard InChI is InChI=1S/C18H23NOS/c1-15-3-5-17(6-4-15)14-21-18-9-7-16(8-10-18)13-19-11-12-20-2/h3-10,19H,11-14H2,1-2H3. The van der Waals surface area contributed by atoms with Crippen LogP contribution in [0.2, 0.25) is 0 Å². The van der Waals surface area contributed by atoms with Crippen LogP contribution in [-0.2, 0) is 17.0 Å². The Morgan fingerprint density at radius 2 is 1.62 bits per heavy atom. The number of rotatable bonds is 8. The molecule has 0 aliphatic heterocycles. The van der Waals surface area contributed by atoms with Gasteiger partial charge in [-0.3, -0.25) is 0 Å². The molecule has 0 aliphatic rings. The summed E-state index contributed by atoms with van der Waals surface area (Å²) in [5.74, 6) is 1.02. The van der Waals surface area contributed by atoms with Crippen molar-refractivity contribution >= 4 is 11.8 Å². The molecule has 0 heterocycles. The SMILES string of the molecule is COCCNCc1ccc(SCc2ccc(C)cc2)cc1. The maximum absolute atomic E-state index is 5.01. The summed E-state index contributed by atoms with van der Waals surface area (Å²) in [5.41, 5.74) is 4.00. The number of thioether (sulfide) groups is 1. The van der Waals surface area contributed by atoms with Crippen LogP contribution in [0.15, 0.2) is 53.4 Å². The van der Waals surface area contributed by atoms with Gasteiger partial charge in [-0.15, -0.1) is 11.8 Å². The number of hydrogen-bond donors (Lipinski definition) is 1. The molecule has 0 unspecified atom stereocenters. The van der Waals surface area contributed by atoms with Gasteiger partial charge in [0.25, 0.3) is 0 Å². The van der Waals surface area contributed by atoms with E-state index in [0.717, 1.165) is 25.4 Å². The Morgan fingerprint density at radius 3 is 2.29 bits per heavy atom. The lowest BCUT2D eigenvalue weighted by atomic mass is 10.2. The van der Waals surface area contributed by atoms with Crippen molar-refractivity contribution in [3.8, 4) is 0 Å². The average molecular weight is 301 g/mol. The van der Waals surface area contributed by atoms with E-state index in [2.05, 4.69) is 60.8 Å². The molecule has 2 aromatic rings. The van der Waals surface area contributed by atoms with Crippen LogP contribution in [0.3, 0.4) is 0 Å². The Morgan fingerprint density at radius 1 is 0.952 bits per heavy atom. The molecule has 2 nitrogen and oxygen atoms in total.